The average Bonchev–Trinajstić information content (AvgIpc) is 2.61. The minimum absolute atomic E-state index is 0.264. The molecule has 1 unspecified atom stereocenters. The lowest BCUT2D eigenvalue weighted by atomic mass is 10.2. The van der Waals surface area contributed by atoms with Gasteiger partial charge >= 0.3 is 0 Å². The number of aromatic nitrogens is 3. The van der Waals surface area contributed by atoms with Crippen molar-refractivity contribution in [2.24, 2.45) is 0 Å². The van der Waals surface area contributed by atoms with E-state index in [1.807, 2.05) is 0 Å². The Kier molecular flexibility index (Phi) is 3.38. The Balaban J connectivity index is 1.71. The molecular formula is C12H20N4O. The maximum absolute atomic E-state index is 5.73. The van der Waals surface area contributed by atoms with Crippen LogP contribution in [0.1, 0.15) is 30.9 Å². The van der Waals surface area contributed by atoms with Crippen LogP contribution >= 0.6 is 0 Å². The summed E-state index contributed by atoms with van der Waals surface area (Å²) >= 11 is 0. The van der Waals surface area contributed by atoms with Crippen LogP contribution in [0.5, 0.6) is 0 Å². The number of nitrogens with zero attached hydrogens (tertiary/aromatic N) is 3. The summed E-state index contributed by atoms with van der Waals surface area (Å²) in [6, 6.07) is 0. The highest BCUT2D eigenvalue weighted by Crippen LogP contribution is 2.16. The van der Waals surface area contributed by atoms with E-state index in [1.54, 1.807) is 0 Å². The van der Waals surface area contributed by atoms with Gasteiger partial charge in [0.2, 0.25) is 0 Å². The molecule has 0 bridgehead atoms. The second-order valence-corrected chi connectivity index (χ2v) is 4.90. The fourth-order valence-corrected chi connectivity index (χ4v) is 2.65. The Morgan fingerprint density at radius 1 is 1.29 bits per heavy atom. The molecule has 0 aliphatic carbocycles. The van der Waals surface area contributed by atoms with Crippen LogP contribution in [0.2, 0.25) is 0 Å². The normalized spacial score (nSPS) is 25.3. The van der Waals surface area contributed by atoms with Gasteiger partial charge in [0, 0.05) is 32.5 Å². The maximum atomic E-state index is 5.73. The van der Waals surface area contributed by atoms with Crippen molar-refractivity contribution >= 4 is 0 Å². The van der Waals surface area contributed by atoms with E-state index >= 15 is 0 Å². The van der Waals surface area contributed by atoms with E-state index < -0.39 is 0 Å². The Morgan fingerprint density at radius 2 is 2.29 bits per heavy atom. The van der Waals surface area contributed by atoms with Gasteiger partial charge in [0.1, 0.15) is 11.6 Å². The van der Waals surface area contributed by atoms with Crippen LogP contribution in [0, 0.1) is 0 Å². The van der Waals surface area contributed by atoms with Crippen LogP contribution in [0.4, 0.5) is 0 Å². The largest absolute Gasteiger partial charge is 0.375 e. The van der Waals surface area contributed by atoms with Gasteiger partial charge in [-0.3, -0.25) is 0 Å². The molecule has 1 saturated heterocycles. The third-order valence-corrected chi connectivity index (χ3v) is 3.60. The molecule has 5 nitrogen and oxygen atoms in total. The summed E-state index contributed by atoms with van der Waals surface area (Å²) in [5.74, 6) is 2.27. The summed E-state index contributed by atoms with van der Waals surface area (Å²) in [6.45, 7) is 3.79. The number of morpholine rings is 1. The van der Waals surface area contributed by atoms with E-state index in [2.05, 4.69) is 20.1 Å². The van der Waals surface area contributed by atoms with Gasteiger partial charge in [-0.25, -0.2) is 0 Å². The predicted octanol–water partition coefficient (Wildman–Crippen LogP) is 0.535. The summed E-state index contributed by atoms with van der Waals surface area (Å²) in [7, 11) is 0. The van der Waals surface area contributed by atoms with E-state index in [9.17, 15) is 0 Å². The third kappa shape index (κ3) is 2.50. The average molecular weight is 236 g/mol. The van der Waals surface area contributed by atoms with Gasteiger partial charge in [-0.2, -0.15) is 0 Å². The van der Waals surface area contributed by atoms with Gasteiger partial charge in [-0.05, 0) is 12.8 Å². The molecular weight excluding hydrogens is 216 g/mol. The number of aryl methyl sites for hydroxylation is 1. The number of nitrogens with one attached hydrogen (secondary N) is 1. The van der Waals surface area contributed by atoms with Gasteiger partial charge in [-0.15, -0.1) is 10.2 Å². The molecule has 0 saturated carbocycles. The molecule has 1 N–H and O–H groups in total. The second-order valence-electron chi connectivity index (χ2n) is 4.90. The lowest BCUT2D eigenvalue weighted by Crippen LogP contribution is -2.40. The number of hydrogen-bond donors (Lipinski definition) is 1. The van der Waals surface area contributed by atoms with Crippen molar-refractivity contribution in [3.05, 3.63) is 11.6 Å². The highest BCUT2D eigenvalue weighted by molar-refractivity contribution is 4.99. The van der Waals surface area contributed by atoms with Crippen LogP contribution in [-0.4, -0.2) is 40.6 Å². The van der Waals surface area contributed by atoms with Crippen molar-refractivity contribution in [3.8, 4) is 0 Å². The summed E-state index contributed by atoms with van der Waals surface area (Å²) in [4.78, 5) is 0. The van der Waals surface area contributed by atoms with Crippen LogP contribution in [0.3, 0.4) is 0 Å². The molecule has 94 valence electrons. The van der Waals surface area contributed by atoms with Gasteiger partial charge in [-0.1, -0.05) is 6.42 Å². The van der Waals surface area contributed by atoms with E-state index in [0.717, 1.165) is 44.9 Å². The van der Waals surface area contributed by atoms with Crippen molar-refractivity contribution in [1.29, 1.82) is 0 Å². The maximum Gasteiger partial charge on any atom is 0.135 e. The highest BCUT2D eigenvalue weighted by Gasteiger charge is 2.20. The smallest absolute Gasteiger partial charge is 0.135 e. The molecule has 1 aromatic rings. The Labute approximate surface area is 102 Å². The molecule has 1 fully saturated rings. The fourth-order valence-electron chi connectivity index (χ4n) is 2.65. The van der Waals surface area contributed by atoms with Crippen molar-refractivity contribution in [1.82, 2.24) is 20.1 Å². The van der Waals surface area contributed by atoms with Gasteiger partial charge in [0.15, 0.2) is 0 Å². The van der Waals surface area contributed by atoms with Crippen molar-refractivity contribution in [2.75, 3.05) is 19.7 Å². The van der Waals surface area contributed by atoms with Crippen LogP contribution in [-0.2, 0) is 24.1 Å². The minimum atomic E-state index is 0.264. The standard InChI is InChI=1S/C12H20N4O/c1-2-4-11-14-15-12(16(11)6-3-1)8-10-9-13-5-7-17-10/h10,13H,1-9H2. The van der Waals surface area contributed by atoms with Crippen molar-refractivity contribution in [3.63, 3.8) is 0 Å². The van der Waals surface area contributed by atoms with E-state index in [4.69, 9.17) is 4.74 Å². The molecule has 3 heterocycles. The lowest BCUT2D eigenvalue weighted by molar-refractivity contribution is 0.0275. The van der Waals surface area contributed by atoms with E-state index in [0.29, 0.717) is 0 Å². The second kappa shape index (κ2) is 5.14. The zero-order valence-electron chi connectivity index (χ0n) is 10.2. The first-order valence-electron chi connectivity index (χ1n) is 6.67. The fraction of sp³-hybridized carbons (Fsp3) is 0.833. The molecule has 1 aromatic heterocycles. The highest BCUT2D eigenvalue weighted by atomic mass is 16.5. The quantitative estimate of drug-likeness (QED) is 0.814. The summed E-state index contributed by atoms with van der Waals surface area (Å²) in [5, 5.41) is 12.0. The van der Waals surface area contributed by atoms with E-state index in [1.165, 1.54) is 25.1 Å². The molecule has 3 rings (SSSR count). The third-order valence-electron chi connectivity index (χ3n) is 3.60. The van der Waals surface area contributed by atoms with Crippen LogP contribution in [0.15, 0.2) is 0 Å². The minimum Gasteiger partial charge on any atom is -0.375 e. The molecule has 5 heteroatoms. The van der Waals surface area contributed by atoms with E-state index in [-0.39, 0.29) is 6.10 Å². The monoisotopic (exact) mass is 236 g/mol. The van der Waals surface area contributed by atoms with Gasteiger partial charge in [0.25, 0.3) is 0 Å². The molecule has 0 radical (unpaired) electrons. The zero-order valence-corrected chi connectivity index (χ0v) is 10.2. The first-order chi connectivity index (χ1) is 8.43. The first kappa shape index (κ1) is 11.2. The molecule has 17 heavy (non-hydrogen) atoms. The molecule has 0 amide bonds. The summed E-state index contributed by atoms with van der Waals surface area (Å²) in [5.41, 5.74) is 0. The molecule has 0 spiro atoms. The first-order valence-corrected chi connectivity index (χ1v) is 6.67. The topological polar surface area (TPSA) is 52.0 Å². The Bertz CT molecular complexity index is 371. The summed E-state index contributed by atoms with van der Waals surface area (Å²) in [6.07, 6.45) is 6.04. The number of ether oxygens (including phenoxy) is 1. The number of rotatable bonds is 2. The number of hydrogen-bond acceptors (Lipinski definition) is 4. The Morgan fingerprint density at radius 3 is 3.18 bits per heavy atom. The van der Waals surface area contributed by atoms with Crippen LogP contribution < -0.4 is 5.32 Å². The predicted molar refractivity (Wildman–Crippen MR) is 63.9 cm³/mol. The molecule has 0 aromatic carbocycles. The SMILES string of the molecule is C1CCc2nnc(CC3CNCCO3)n2CC1. The van der Waals surface area contributed by atoms with Crippen LogP contribution in [0.25, 0.3) is 0 Å². The molecule has 2 aliphatic rings. The molecule has 2 aliphatic heterocycles. The molecule has 1 atom stereocenters. The van der Waals surface area contributed by atoms with Crippen molar-refractivity contribution in [2.45, 2.75) is 44.8 Å². The van der Waals surface area contributed by atoms with Crippen molar-refractivity contribution < 1.29 is 4.74 Å². The Hall–Kier alpha value is -0.940. The van der Waals surface area contributed by atoms with Gasteiger partial charge < -0.3 is 14.6 Å². The zero-order chi connectivity index (χ0) is 11.5. The number of fused-ring (bicyclic) bond motifs is 1. The summed E-state index contributed by atoms with van der Waals surface area (Å²) < 4.78 is 8.04. The lowest BCUT2D eigenvalue weighted by Gasteiger charge is -2.23. The van der Waals surface area contributed by atoms with Gasteiger partial charge in [0.05, 0.1) is 12.7 Å².